The number of rotatable bonds is 5. The number of carbonyl (C=O) groups excluding carboxylic acids is 1. The van der Waals surface area contributed by atoms with Crippen molar-refractivity contribution in [3.63, 3.8) is 0 Å². The molecule has 0 heterocycles. The van der Waals surface area contributed by atoms with Crippen LogP contribution in [0.5, 0.6) is 0 Å². The summed E-state index contributed by atoms with van der Waals surface area (Å²) in [6, 6.07) is 11.1. The van der Waals surface area contributed by atoms with E-state index in [4.69, 9.17) is 4.74 Å². The van der Waals surface area contributed by atoms with Crippen LogP contribution in [0.3, 0.4) is 0 Å². The predicted molar refractivity (Wildman–Crippen MR) is 75.3 cm³/mol. The van der Waals surface area contributed by atoms with Crippen LogP contribution < -0.4 is 0 Å². The largest absolute Gasteiger partial charge is 0.457 e. The van der Waals surface area contributed by atoms with Crippen molar-refractivity contribution in [2.75, 3.05) is 0 Å². The highest BCUT2D eigenvalue weighted by Gasteiger charge is 2.21. The Bertz CT molecular complexity index is 744. The minimum absolute atomic E-state index is 0.183. The van der Waals surface area contributed by atoms with Crippen LogP contribution in [0.4, 0.5) is 11.4 Å². The van der Waals surface area contributed by atoms with E-state index in [-0.39, 0.29) is 29.1 Å². The van der Waals surface area contributed by atoms with Crippen molar-refractivity contribution >= 4 is 17.3 Å². The molecule has 0 fully saturated rings. The molecule has 0 amide bonds. The van der Waals surface area contributed by atoms with Gasteiger partial charge in [-0.25, -0.2) is 4.79 Å². The number of benzene rings is 2. The maximum Gasteiger partial charge on any atom is 0.345 e. The number of para-hydroxylation sites is 2. The van der Waals surface area contributed by atoms with Gasteiger partial charge in [-0.1, -0.05) is 24.3 Å². The molecular formula is C14H10N2O6. The topological polar surface area (TPSA) is 113 Å². The van der Waals surface area contributed by atoms with Gasteiger partial charge in [0.05, 0.1) is 15.4 Å². The molecule has 0 aliphatic heterocycles. The summed E-state index contributed by atoms with van der Waals surface area (Å²) in [5.41, 5.74) is -0.557. The molecular weight excluding hydrogens is 292 g/mol. The Morgan fingerprint density at radius 1 is 0.909 bits per heavy atom. The lowest BCUT2D eigenvalue weighted by molar-refractivity contribution is -0.385. The first-order valence-electron chi connectivity index (χ1n) is 6.13. The first-order valence-corrected chi connectivity index (χ1v) is 6.13. The van der Waals surface area contributed by atoms with Crippen molar-refractivity contribution < 1.29 is 19.4 Å². The zero-order valence-electron chi connectivity index (χ0n) is 11.2. The van der Waals surface area contributed by atoms with Gasteiger partial charge in [0.25, 0.3) is 11.4 Å². The Labute approximate surface area is 124 Å². The number of hydrogen-bond donors (Lipinski definition) is 0. The first kappa shape index (κ1) is 15.1. The number of esters is 1. The Morgan fingerprint density at radius 2 is 1.45 bits per heavy atom. The van der Waals surface area contributed by atoms with E-state index < -0.39 is 15.8 Å². The summed E-state index contributed by atoms with van der Waals surface area (Å²) in [6.45, 7) is -0.345. The van der Waals surface area contributed by atoms with E-state index >= 15 is 0 Å². The molecule has 2 rings (SSSR count). The molecule has 2 aromatic rings. The highest BCUT2D eigenvalue weighted by atomic mass is 16.6. The summed E-state index contributed by atoms with van der Waals surface area (Å²) in [5, 5.41) is 21.7. The smallest absolute Gasteiger partial charge is 0.345 e. The SMILES string of the molecule is O=C(OCc1ccccc1[N+](=O)[O-])c1ccccc1[N+](=O)[O-]. The molecule has 0 aliphatic rings. The van der Waals surface area contributed by atoms with Gasteiger partial charge in [-0.2, -0.15) is 0 Å². The zero-order valence-corrected chi connectivity index (χ0v) is 11.2. The number of carbonyl (C=O) groups is 1. The summed E-state index contributed by atoms with van der Waals surface area (Å²) in [4.78, 5) is 32.4. The van der Waals surface area contributed by atoms with Crippen molar-refractivity contribution in [2.24, 2.45) is 0 Å². The normalized spacial score (nSPS) is 10.0. The van der Waals surface area contributed by atoms with Gasteiger partial charge in [0, 0.05) is 12.1 Å². The second kappa shape index (κ2) is 6.44. The molecule has 2 aromatic carbocycles. The van der Waals surface area contributed by atoms with Crippen molar-refractivity contribution in [1.29, 1.82) is 0 Å². The molecule has 0 unspecified atom stereocenters. The average Bonchev–Trinajstić information content (AvgIpc) is 2.52. The molecule has 8 heteroatoms. The van der Waals surface area contributed by atoms with Gasteiger partial charge in [-0.15, -0.1) is 0 Å². The molecule has 0 saturated carbocycles. The highest BCUT2D eigenvalue weighted by Crippen LogP contribution is 2.21. The first-order chi connectivity index (χ1) is 10.5. The van der Waals surface area contributed by atoms with Gasteiger partial charge >= 0.3 is 5.97 Å². The van der Waals surface area contributed by atoms with Crippen molar-refractivity contribution in [1.82, 2.24) is 0 Å². The number of nitrogens with zero attached hydrogens (tertiary/aromatic N) is 2. The van der Waals surface area contributed by atoms with Crippen LogP contribution >= 0.6 is 0 Å². The zero-order chi connectivity index (χ0) is 16.1. The number of hydrogen-bond acceptors (Lipinski definition) is 6. The molecule has 8 nitrogen and oxygen atoms in total. The minimum atomic E-state index is -0.912. The monoisotopic (exact) mass is 302 g/mol. The fourth-order valence-electron chi connectivity index (χ4n) is 1.84. The lowest BCUT2D eigenvalue weighted by atomic mass is 10.2. The van der Waals surface area contributed by atoms with Gasteiger partial charge in [0.2, 0.25) is 0 Å². The number of nitro benzene ring substituents is 2. The highest BCUT2D eigenvalue weighted by molar-refractivity contribution is 5.93. The van der Waals surface area contributed by atoms with Crippen LogP contribution in [0.15, 0.2) is 48.5 Å². The third kappa shape index (κ3) is 3.23. The third-order valence-corrected chi connectivity index (χ3v) is 2.87. The van der Waals surface area contributed by atoms with E-state index in [9.17, 15) is 25.0 Å². The van der Waals surface area contributed by atoms with E-state index in [0.29, 0.717) is 0 Å². The fourth-order valence-corrected chi connectivity index (χ4v) is 1.84. The second-order valence-corrected chi connectivity index (χ2v) is 4.24. The Balaban J connectivity index is 2.18. The summed E-state index contributed by atoms with van der Waals surface area (Å²) >= 11 is 0. The quantitative estimate of drug-likeness (QED) is 0.476. The van der Waals surface area contributed by atoms with Crippen LogP contribution in [0.2, 0.25) is 0 Å². The van der Waals surface area contributed by atoms with Crippen LogP contribution in [-0.2, 0) is 11.3 Å². The molecule has 0 saturated heterocycles. The Morgan fingerprint density at radius 3 is 2.09 bits per heavy atom. The summed E-state index contributed by atoms with van der Waals surface area (Å²) in [7, 11) is 0. The molecule has 0 atom stereocenters. The molecule has 22 heavy (non-hydrogen) atoms. The third-order valence-electron chi connectivity index (χ3n) is 2.87. The van der Waals surface area contributed by atoms with E-state index in [1.807, 2.05) is 0 Å². The second-order valence-electron chi connectivity index (χ2n) is 4.24. The van der Waals surface area contributed by atoms with Gasteiger partial charge in [-0.3, -0.25) is 20.2 Å². The van der Waals surface area contributed by atoms with Gasteiger partial charge < -0.3 is 4.74 Å². The summed E-state index contributed by atoms with van der Waals surface area (Å²) in [6.07, 6.45) is 0. The van der Waals surface area contributed by atoms with Gasteiger partial charge in [-0.05, 0) is 12.1 Å². The van der Waals surface area contributed by atoms with Crippen LogP contribution in [0, 0.1) is 20.2 Å². The summed E-state index contributed by atoms with van der Waals surface area (Å²) < 4.78 is 4.95. The van der Waals surface area contributed by atoms with E-state index in [1.165, 1.54) is 42.5 Å². The molecule has 0 spiro atoms. The van der Waals surface area contributed by atoms with Crippen molar-refractivity contribution in [3.05, 3.63) is 79.9 Å². The van der Waals surface area contributed by atoms with E-state index in [0.717, 1.165) is 0 Å². The van der Waals surface area contributed by atoms with E-state index in [1.54, 1.807) is 6.07 Å². The number of nitro groups is 2. The van der Waals surface area contributed by atoms with Crippen molar-refractivity contribution in [2.45, 2.75) is 6.61 Å². The van der Waals surface area contributed by atoms with E-state index in [2.05, 4.69) is 0 Å². The summed E-state index contributed by atoms with van der Waals surface area (Å²) in [5.74, 6) is -0.912. The molecule has 0 radical (unpaired) electrons. The lowest BCUT2D eigenvalue weighted by Gasteiger charge is -2.06. The fraction of sp³-hybridized carbons (Fsp3) is 0.0714. The standard InChI is InChI=1S/C14H10N2O6/c17-14(11-6-2-4-8-13(11)16(20)21)22-9-10-5-1-3-7-12(10)15(18)19/h1-8H,9H2. The predicted octanol–water partition coefficient (Wildman–Crippen LogP) is 2.86. The molecule has 0 bridgehead atoms. The van der Waals surface area contributed by atoms with Crippen LogP contribution in [0.25, 0.3) is 0 Å². The van der Waals surface area contributed by atoms with Crippen LogP contribution in [-0.4, -0.2) is 15.8 Å². The maximum absolute atomic E-state index is 11.9. The van der Waals surface area contributed by atoms with Crippen LogP contribution in [0.1, 0.15) is 15.9 Å². The van der Waals surface area contributed by atoms with Gasteiger partial charge in [0.1, 0.15) is 12.2 Å². The lowest BCUT2D eigenvalue weighted by Crippen LogP contribution is -2.09. The van der Waals surface area contributed by atoms with Crippen molar-refractivity contribution in [3.8, 4) is 0 Å². The molecule has 0 N–H and O–H groups in total. The number of ether oxygens (including phenoxy) is 1. The van der Waals surface area contributed by atoms with Gasteiger partial charge in [0.15, 0.2) is 0 Å². The molecule has 0 aromatic heterocycles. The maximum atomic E-state index is 11.9. The minimum Gasteiger partial charge on any atom is -0.457 e. The Hall–Kier alpha value is -3.29. The molecule has 112 valence electrons. The Kier molecular flexibility index (Phi) is 4.42. The average molecular weight is 302 g/mol. The molecule has 0 aliphatic carbocycles.